The van der Waals surface area contributed by atoms with Crippen molar-refractivity contribution < 1.29 is 14.3 Å². The third-order valence-corrected chi connectivity index (χ3v) is 5.56. The van der Waals surface area contributed by atoms with Gasteiger partial charge in [0.1, 0.15) is 0 Å². The number of carbonyl (C=O) groups excluding carboxylic acids is 2. The summed E-state index contributed by atoms with van der Waals surface area (Å²) in [7, 11) is 1.31. The number of methoxy groups -OCH3 is 1. The molecule has 1 aliphatic heterocycles. The fourth-order valence-corrected chi connectivity index (χ4v) is 4.17. The van der Waals surface area contributed by atoms with Gasteiger partial charge in [-0.15, -0.1) is 0 Å². The summed E-state index contributed by atoms with van der Waals surface area (Å²) in [6.45, 7) is 1.77. The van der Waals surface area contributed by atoms with Gasteiger partial charge in [-0.1, -0.05) is 53.5 Å². The number of aryl methyl sites for hydroxylation is 1. The van der Waals surface area contributed by atoms with E-state index in [9.17, 15) is 9.59 Å². The Balaban J connectivity index is 2.04. The summed E-state index contributed by atoms with van der Waals surface area (Å²) in [4.78, 5) is 28.8. The molecule has 1 amide bonds. The lowest BCUT2D eigenvalue weighted by Crippen LogP contribution is -2.17. The zero-order valence-electron chi connectivity index (χ0n) is 15.1. The van der Waals surface area contributed by atoms with Gasteiger partial charge in [-0.3, -0.25) is 4.79 Å². The normalized spacial score (nSPS) is 15.3. The molecule has 3 aromatic rings. The SMILES string of the molecule is COC(=O)c1c(C)[nH]c(-c2ccccc2Cl)c1C1C(=O)Nc2c(Cl)cccc21. The largest absolute Gasteiger partial charge is 0.465 e. The Morgan fingerprint density at radius 2 is 1.79 bits per heavy atom. The number of anilines is 1. The molecule has 1 atom stereocenters. The number of fused-ring (bicyclic) bond motifs is 1. The summed E-state index contributed by atoms with van der Waals surface area (Å²) in [6.07, 6.45) is 0. The molecule has 0 bridgehead atoms. The van der Waals surface area contributed by atoms with Crippen LogP contribution in [0.15, 0.2) is 42.5 Å². The highest BCUT2D eigenvalue weighted by molar-refractivity contribution is 6.35. The Kier molecular flexibility index (Phi) is 4.65. The summed E-state index contributed by atoms with van der Waals surface area (Å²) in [6, 6.07) is 12.6. The molecule has 2 N–H and O–H groups in total. The quantitative estimate of drug-likeness (QED) is 0.580. The minimum absolute atomic E-state index is 0.263. The number of aromatic nitrogens is 1. The minimum atomic E-state index is -0.723. The Bertz CT molecular complexity index is 1120. The zero-order valence-corrected chi connectivity index (χ0v) is 16.6. The Morgan fingerprint density at radius 3 is 2.50 bits per heavy atom. The average Bonchev–Trinajstić information content (AvgIpc) is 3.18. The molecule has 0 saturated carbocycles. The minimum Gasteiger partial charge on any atom is -0.465 e. The summed E-state index contributed by atoms with van der Waals surface area (Å²) in [5.74, 6) is -1.51. The topological polar surface area (TPSA) is 71.2 Å². The van der Waals surface area contributed by atoms with E-state index in [-0.39, 0.29) is 5.91 Å². The highest BCUT2D eigenvalue weighted by Gasteiger charge is 2.39. The van der Waals surface area contributed by atoms with Crippen LogP contribution in [0.4, 0.5) is 5.69 Å². The van der Waals surface area contributed by atoms with Crippen molar-refractivity contribution >= 4 is 40.8 Å². The van der Waals surface area contributed by atoms with Crippen molar-refractivity contribution in [3.8, 4) is 11.3 Å². The van der Waals surface area contributed by atoms with Crippen molar-refractivity contribution in [3.05, 3.63) is 74.9 Å². The molecule has 2 heterocycles. The van der Waals surface area contributed by atoms with Crippen LogP contribution < -0.4 is 5.32 Å². The summed E-state index contributed by atoms with van der Waals surface area (Å²) in [5, 5.41) is 3.78. The van der Waals surface area contributed by atoms with Crippen LogP contribution in [0.1, 0.15) is 33.1 Å². The number of amides is 1. The first-order valence-corrected chi connectivity index (χ1v) is 9.34. The van der Waals surface area contributed by atoms with Gasteiger partial charge in [0.2, 0.25) is 5.91 Å². The van der Waals surface area contributed by atoms with E-state index in [4.69, 9.17) is 27.9 Å². The highest BCUT2D eigenvalue weighted by Crippen LogP contribution is 2.46. The van der Waals surface area contributed by atoms with Crippen LogP contribution in [-0.4, -0.2) is 24.0 Å². The Morgan fingerprint density at radius 1 is 1.07 bits per heavy atom. The smallest absolute Gasteiger partial charge is 0.340 e. The lowest BCUT2D eigenvalue weighted by molar-refractivity contribution is -0.116. The van der Waals surface area contributed by atoms with Gasteiger partial charge in [0.15, 0.2) is 0 Å². The maximum Gasteiger partial charge on any atom is 0.340 e. The van der Waals surface area contributed by atoms with Crippen LogP contribution in [0.3, 0.4) is 0 Å². The molecule has 4 rings (SSSR count). The van der Waals surface area contributed by atoms with Crippen LogP contribution in [0.2, 0.25) is 10.0 Å². The van der Waals surface area contributed by atoms with Crippen LogP contribution >= 0.6 is 23.2 Å². The Labute approximate surface area is 171 Å². The number of hydrogen-bond donors (Lipinski definition) is 2. The second-order valence-electron chi connectivity index (χ2n) is 6.51. The maximum atomic E-state index is 13.0. The number of carbonyl (C=O) groups is 2. The highest BCUT2D eigenvalue weighted by atomic mass is 35.5. The Hall–Kier alpha value is -2.76. The van der Waals surface area contributed by atoms with Gasteiger partial charge >= 0.3 is 5.97 Å². The van der Waals surface area contributed by atoms with Crippen LogP contribution in [0.5, 0.6) is 0 Å². The number of rotatable bonds is 3. The van der Waals surface area contributed by atoms with Crippen molar-refractivity contribution in [2.75, 3.05) is 12.4 Å². The molecule has 0 fully saturated rings. The molecule has 1 aliphatic rings. The van der Waals surface area contributed by atoms with Crippen molar-refractivity contribution in [1.82, 2.24) is 4.98 Å². The average molecular weight is 415 g/mol. The molecular formula is C21H16Cl2N2O3. The standard InChI is InChI=1S/C21H16Cl2N2O3/c1-10-15(21(27)28-2)17(19(24-10)11-6-3-4-8-13(11)22)16-12-7-5-9-14(23)18(12)25-20(16)26/h3-9,16,24H,1-2H3,(H,25,26). The van der Waals surface area contributed by atoms with Crippen LogP contribution in [0.25, 0.3) is 11.3 Å². The molecule has 0 spiro atoms. The van der Waals surface area contributed by atoms with Gasteiger partial charge in [-0.25, -0.2) is 4.79 Å². The third-order valence-electron chi connectivity index (χ3n) is 4.91. The van der Waals surface area contributed by atoms with Gasteiger partial charge in [0.05, 0.1) is 35.0 Å². The van der Waals surface area contributed by atoms with E-state index in [2.05, 4.69) is 10.3 Å². The number of H-pyrrole nitrogens is 1. The van der Waals surface area contributed by atoms with Crippen molar-refractivity contribution in [1.29, 1.82) is 0 Å². The molecule has 142 valence electrons. The molecule has 28 heavy (non-hydrogen) atoms. The molecule has 0 aliphatic carbocycles. The number of esters is 1. The van der Waals surface area contributed by atoms with E-state index in [1.165, 1.54) is 7.11 Å². The molecular weight excluding hydrogens is 399 g/mol. The number of ether oxygens (including phenoxy) is 1. The first-order valence-electron chi connectivity index (χ1n) is 8.59. The van der Waals surface area contributed by atoms with Crippen molar-refractivity contribution in [3.63, 3.8) is 0 Å². The van der Waals surface area contributed by atoms with Crippen molar-refractivity contribution in [2.24, 2.45) is 0 Å². The molecule has 5 nitrogen and oxygen atoms in total. The van der Waals surface area contributed by atoms with Gasteiger partial charge in [0.25, 0.3) is 0 Å². The van der Waals surface area contributed by atoms with Crippen LogP contribution in [0, 0.1) is 6.92 Å². The summed E-state index contributed by atoms with van der Waals surface area (Å²) in [5.41, 5.74) is 4.01. The van der Waals surface area contributed by atoms with Gasteiger partial charge in [-0.2, -0.15) is 0 Å². The second kappa shape index (κ2) is 7.00. The van der Waals surface area contributed by atoms with E-state index >= 15 is 0 Å². The third kappa shape index (κ3) is 2.79. The zero-order chi connectivity index (χ0) is 20.0. The van der Waals surface area contributed by atoms with E-state index in [0.29, 0.717) is 49.4 Å². The van der Waals surface area contributed by atoms with E-state index < -0.39 is 11.9 Å². The molecule has 1 aromatic heterocycles. The molecule has 0 radical (unpaired) electrons. The predicted octanol–water partition coefficient (Wildman–Crippen LogP) is 5.17. The number of aromatic amines is 1. The number of benzene rings is 2. The van der Waals surface area contributed by atoms with Gasteiger partial charge < -0.3 is 15.0 Å². The first-order chi connectivity index (χ1) is 13.4. The first kappa shape index (κ1) is 18.6. The van der Waals surface area contributed by atoms with E-state index in [1.807, 2.05) is 24.3 Å². The summed E-state index contributed by atoms with van der Waals surface area (Å²) >= 11 is 12.7. The number of nitrogens with one attached hydrogen (secondary N) is 2. The summed E-state index contributed by atoms with van der Waals surface area (Å²) < 4.78 is 4.99. The number of hydrogen-bond acceptors (Lipinski definition) is 3. The van der Waals surface area contributed by atoms with Gasteiger partial charge in [-0.05, 0) is 24.6 Å². The lowest BCUT2D eigenvalue weighted by atomic mass is 9.87. The lowest BCUT2D eigenvalue weighted by Gasteiger charge is -2.14. The molecule has 1 unspecified atom stereocenters. The van der Waals surface area contributed by atoms with E-state index in [1.54, 1.807) is 25.1 Å². The van der Waals surface area contributed by atoms with E-state index in [0.717, 1.165) is 0 Å². The van der Waals surface area contributed by atoms with Crippen molar-refractivity contribution in [2.45, 2.75) is 12.8 Å². The predicted molar refractivity (Wildman–Crippen MR) is 109 cm³/mol. The number of halogens is 2. The fourth-order valence-electron chi connectivity index (χ4n) is 3.71. The molecule has 0 saturated heterocycles. The molecule has 7 heteroatoms. The molecule has 2 aromatic carbocycles. The van der Waals surface area contributed by atoms with Crippen LogP contribution in [-0.2, 0) is 9.53 Å². The van der Waals surface area contributed by atoms with Gasteiger partial charge in [0, 0.05) is 21.8 Å². The maximum absolute atomic E-state index is 13.0. The second-order valence-corrected chi connectivity index (χ2v) is 7.33. The number of para-hydroxylation sites is 1. The fraction of sp³-hybridized carbons (Fsp3) is 0.143. The monoisotopic (exact) mass is 414 g/mol.